The standard InChI is InChI=1S/C20H25N5/c1-2-3-5-16-13-24(14-16)12-15-7-9-17(10-8-15)18-6-4-11-25-19(18)22-20(21)23-25/h4,6-11,16H,2-3,5,12-14H2,1H3,(H2,21,23). The van der Waals surface area contributed by atoms with Crippen molar-refractivity contribution in [1.82, 2.24) is 19.5 Å². The average molecular weight is 335 g/mol. The van der Waals surface area contributed by atoms with Gasteiger partial charge in [-0.05, 0) is 35.6 Å². The minimum Gasteiger partial charge on any atom is -0.366 e. The van der Waals surface area contributed by atoms with Crippen molar-refractivity contribution in [1.29, 1.82) is 0 Å². The van der Waals surface area contributed by atoms with E-state index in [1.54, 1.807) is 4.52 Å². The maximum Gasteiger partial charge on any atom is 0.240 e. The van der Waals surface area contributed by atoms with Crippen molar-refractivity contribution >= 4 is 11.6 Å². The highest BCUT2D eigenvalue weighted by atomic mass is 15.3. The lowest BCUT2D eigenvalue weighted by Gasteiger charge is -2.39. The Morgan fingerprint density at radius 2 is 1.96 bits per heavy atom. The predicted molar refractivity (Wildman–Crippen MR) is 101 cm³/mol. The Morgan fingerprint density at radius 1 is 1.16 bits per heavy atom. The molecule has 130 valence electrons. The molecular weight excluding hydrogens is 310 g/mol. The second-order valence-electron chi connectivity index (χ2n) is 7.06. The molecule has 0 saturated carbocycles. The Hall–Kier alpha value is -2.40. The average Bonchev–Trinajstić information content (AvgIpc) is 2.97. The quantitative estimate of drug-likeness (QED) is 0.748. The van der Waals surface area contributed by atoms with E-state index in [2.05, 4.69) is 52.2 Å². The summed E-state index contributed by atoms with van der Waals surface area (Å²) < 4.78 is 1.73. The highest BCUT2D eigenvalue weighted by molar-refractivity contribution is 5.77. The molecule has 0 atom stereocenters. The number of benzene rings is 1. The fourth-order valence-electron chi connectivity index (χ4n) is 3.68. The van der Waals surface area contributed by atoms with Crippen LogP contribution in [0.1, 0.15) is 31.7 Å². The Morgan fingerprint density at radius 3 is 2.72 bits per heavy atom. The Kier molecular flexibility index (Phi) is 4.40. The summed E-state index contributed by atoms with van der Waals surface area (Å²) in [6.45, 7) is 5.82. The molecular formula is C20H25N5. The van der Waals surface area contributed by atoms with Crippen molar-refractivity contribution < 1.29 is 0 Å². The maximum atomic E-state index is 5.73. The van der Waals surface area contributed by atoms with Gasteiger partial charge in [-0.15, -0.1) is 5.10 Å². The highest BCUT2D eigenvalue weighted by Gasteiger charge is 2.25. The molecule has 1 aliphatic rings. The number of fused-ring (bicyclic) bond motifs is 1. The number of nitrogens with two attached hydrogens (primary N) is 1. The van der Waals surface area contributed by atoms with E-state index in [1.165, 1.54) is 37.9 Å². The first-order valence-corrected chi connectivity index (χ1v) is 9.15. The minimum atomic E-state index is 0.305. The lowest BCUT2D eigenvalue weighted by Crippen LogP contribution is -2.45. The normalized spacial score (nSPS) is 15.6. The third-order valence-electron chi connectivity index (χ3n) is 5.05. The van der Waals surface area contributed by atoms with E-state index < -0.39 is 0 Å². The van der Waals surface area contributed by atoms with Gasteiger partial charge in [-0.3, -0.25) is 4.90 Å². The third kappa shape index (κ3) is 3.37. The van der Waals surface area contributed by atoms with Crippen LogP contribution in [0, 0.1) is 5.92 Å². The zero-order chi connectivity index (χ0) is 17.2. The molecule has 2 aromatic heterocycles. The molecule has 4 rings (SSSR count). The number of pyridine rings is 1. The van der Waals surface area contributed by atoms with Gasteiger partial charge in [0.25, 0.3) is 0 Å². The van der Waals surface area contributed by atoms with Crippen molar-refractivity contribution in [2.24, 2.45) is 5.92 Å². The van der Waals surface area contributed by atoms with Gasteiger partial charge >= 0.3 is 0 Å². The van der Waals surface area contributed by atoms with E-state index in [1.807, 2.05) is 12.3 Å². The zero-order valence-electron chi connectivity index (χ0n) is 14.7. The van der Waals surface area contributed by atoms with Gasteiger partial charge in [-0.25, -0.2) is 4.52 Å². The van der Waals surface area contributed by atoms with Crippen LogP contribution in [0.5, 0.6) is 0 Å². The van der Waals surface area contributed by atoms with Crippen LogP contribution in [0.15, 0.2) is 42.6 Å². The van der Waals surface area contributed by atoms with Crippen molar-refractivity contribution in [2.75, 3.05) is 18.8 Å². The first kappa shape index (κ1) is 16.1. The fourth-order valence-corrected chi connectivity index (χ4v) is 3.68. The molecule has 1 fully saturated rings. The van der Waals surface area contributed by atoms with E-state index in [-0.39, 0.29) is 0 Å². The van der Waals surface area contributed by atoms with E-state index in [0.717, 1.165) is 29.2 Å². The summed E-state index contributed by atoms with van der Waals surface area (Å²) in [6, 6.07) is 12.8. The van der Waals surface area contributed by atoms with E-state index in [9.17, 15) is 0 Å². The van der Waals surface area contributed by atoms with Gasteiger partial charge in [0.05, 0.1) is 0 Å². The largest absolute Gasteiger partial charge is 0.366 e. The number of unbranched alkanes of at least 4 members (excludes halogenated alkanes) is 1. The molecule has 3 heterocycles. The molecule has 5 nitrogen and oxygen atoms in total. The highest BCUT2D eigenvalue weighted by Crippen LogP contribution is 2.26. The first-order chi connectivity index (χ1) is 12.2. The number of hydrogen-bond acceptors (Lipinski definition) is 4. The lowest BCUT2D eigenvalue weighted by molar-refractivity contribution is 0.0849. The summed E-state index contributed by atoms with van der Waals surface area (Å²) in [4.78, 5) is 6.87. The van der Waals surface area contributed by atoms with Gasteiger partial charge in [0.1, 0.15) is 0 Å². The molecule has 1 saturated heterocycles. The molecule has 0 unspecified atom stereocenters. The first-order valence-electron chi connectivity index (χ1n) is 9.15. The molecule has 5 heteroatoms. The van der Waals surface area contributed by atoms with Crippen LogP contribution >= 0.6 is 0 Å². The smallest absolute Gasteiger partial charge is 0.240 e. The molecule has 1 aliphatic heterocycles. The number of aromatic nitrogens is 3. The summed E-state index contributed by atoms with van der Waals surface area (Å²) >= 11 is 0. The Balaban J connectivity index is 1.44. The number of nitrogens with zero attached hydrogens (tertiary/aromatic N) is 4. The van der Waals surface area contributed by atoms with Crippen molar-refractivity contribution in [3.8, 4) is 11.1 Å². The van der Waals surface area contributed by atoms with Crippen molar-refractivity contribution in [2.45, 2.75) is 32.7 Å². The molecule has 25 heavy (non-hydrogen) atoms. The second kappa shape index (κ2) is 6.84. The van der Waals surface area contributed by atoms with Crippen molar-refractivity contribution in [3.05, 3.63) is 48.2 Å². The van der Waals surface area contributed by atoms with Crippen LogP contribution in [0.3, 0.4) is 0 Å². The van der Waals surface area contributed by atoms with Crippen LogP contribution in [0.25, 0.3) is 16.8 Å². The molecule has 0 aliphatic carbocycles. The number of nitrogen functional groups attached to an aromatic ring is 1. The summed E-state index contributed by atoms with van der Waals surface area (Å²) in [5.74, 6) is 1.22. The van der Waals surface area contributed by atoms with Crippen LogP contribution in [0.4, 0.5) is 5.95 Å². The van der Waals surface area contributed by atoms with Crippen LogP contribution in [-0.4, -0.2) is 32.6 Å². The topological polar surface area (TPSA) is 59.5 Å². The van der Waals surface area contributed by atoms with E-state index in [0.29, 0.717) is 5.95 Å². The molecule has 0 spiro atoms. The minimum absolute atomic E-state index is 0.305. The van der Waals surface area contributed by atoms with Crippen molar-refractivity contribution in [3.63, 3.8) is 0 Å². The van der Waals surface area contributed by atoms with Crippen LogP contribution < -0.4 is 5.73 Å². The number of likely N-dealkylation sites (tertiary alicyclic amines) is 1. The SMILES string of the molecule is CCCCC1CN(Cc2ccc(-c3cccn4nc(N)nc34)cc2)C1. The fraction of sp³-hybridized carbons (Fsp3) is 0.400. The Labute approximate surface area is 148 Å². The summed E-state index contributed by atoms with van der Waals surface area (Å²) in [5.41, 5.74) is 10.1. The summed E-state index contributed by atoms with van der Waals surface area (Å²) in [5, 5.41) is 4.18. The van der Waals surface area contributed by atoms with Gasteiger partial charge in [0, 0.05) is 31.4 Å². The number of hydrogen-bond donors (Lipinski definition) is 1. The van der Waals surface area contributed by atoms with Gasteiger partial charge in [-0.2, -0.15) is 4.98 Å². The van der Waals surface area contributed by atoms with E-state index in [4.69, 9.17) is 5.73 Å². The van der Waals surface area contributed by atoms with Crippen LogP contribution in [-0.2, 0) is 6.54 Å². The van der Waals surface area contributed by atoms with E-state index >= 15 is 0 Å². The van der Waals surface area contributed by atoms with Gasteiger partial charge in [-0.1, -0.05) is 44.0 Å². The monoisotopic (exact) mass is 335 g/mol. The molecule has 0 radical (unpaired) electrons. The molecule has 2 N–H and O–H groups in total. The number of rotatable bonds is 6. The van der Waals surface area contributed by atoms with Crippen LogP contribution in [0.2, 0.25) is 0 Å². The number of anilines is 1. The molecule has 0 amide bonds. The Bertz CT molecular complexity index is 846. The zero-order valence-corrected chi connectivity index (χ0v) is 14.7. The molecule has 3 aromatic rings. The molecule has 1 aromatic carbocycles. The summed E-state index contributed by atoms with van der Waals surface area (Å²) in [6.07, 6.45) is 5.93. The second-order valence-corrected chi connectivity index (χ2v) is 7.06. The third-order valence-corrected chi connectivity index (χ3v) is 5.05. The van der Waals surface area contributed by atoms with Gasteiger partial charge in [0.15, 0.2) is 5.65 Å². The maximum absolute atomic E-state index is 5.73. The lowest BCUT2D eigenvalue weighted by atomic mass is 9.93. The van der Waals surface area contributed by atoms with Gasteiger partial charge in [0.2, 0.25) is 5.95 Å². The predicted octanol–water partition coefficient (Wildman–Crippen LogP) is 3.60. The van der Waals surface area contributed by atoms with Gasteiger partial charge < -0.3 is 5.73 Å². The summed E-state index contributed by atoms with van der Waals surface area (Å²) in [7, 11) is 0. The molecule has 0 bridgehead atoms.